The molecule has 0 bridgehead atoms. The molecule has 0 saturated heterocycles. The van der Waals surface area contributed by atoms with E-state index < -0.39 is 32.3 Å². The molecule has 1 aliphatic rings. The van der Waals surface area contributed by atoms with E-state index in [1.54, 1.807) is 17.4 Å². The second-order valence-electron chi connectivity index (χ2n) is 13.0. The van der Waals surface area contributed by atoms with Gasteiger partial charge < -0.3 is 4.90 Å². The highest BCUT2D eigenvalue weighted by molar-refractivity contribution is 7.02. The van der Waals surface area contributed by atoms with Crippen LogP contribution >= 0.6 is 0 Å². The Morgan fingerprint density at radius 2 is 1.44 bits per heavy atom. The van der Waals surface area contributed by atoms with Crippen molar-refractivity contribution in [3.8, 4) is 0 Å². The van der Waals surface area contributed by atoms with Gasteiger partial charge in [0.1, 0.15) is 0 Å². The minimum atomic E-state index is -1.22. The third kappa shape index (κ3) is 9.13. The lowest BCUT2D eigenvalue weighted by Crippen LogP contribution is -2.46. The maximum atomic E-state index is 11.2. The van der Waals surface area contributed by atoms with Crippen molar-refractivity contribution in [2.75, 3.05) is 7.05 Å². The summed E-state index contributed by atoms with van der Waals surface area (Å²) in [6.07, 6.45) is 6.27. The average molecular weight is 444 g/mol. The van der Waals surface area contributed by atoms with Crippen molar-refractivity contribution < 1.29 is 4.79 Å². The van der Waals surface area contributed by atoms with Crippen molar-refractivity contribution in [3.63, 3.8) is 0 Å². The van der Waals surface area contributed by atoms with Crippen LogP contribution in [0.2, 0.25) is 87.9 Å². The van der Waals surface area contributed by atoms with Gasteiger partial charge in [0.15, 0.2) is 0 Å². The molecular weight excluding hydrogens is 395 g/mol. The van der Waals surface area contributed by atoms with Gasteiger partial charge in [0, 0.05) is 37.3 Å². The van der Waals surface area contributed by atoms with Crippen molar-refractivity contribution >= 4 is 38.7 Å². The Balaban J connectivity index is 2.66. The third-order valence-electron chi connectivity index (χ3n) is 6.91. The average Bonchev–Trinajstić information content (AvgIpc) is 2.49. The third-order valence-corrected chi connectivity index (χ3v) is 29.0. The van der Waals surface area contributed by atoms with E-state index in [1.165, 1.54) is 31.7 Å². The molecular formula is C21H49NOSi4. The van der Waals surface area contributed by atoms with Gasteiger partial charge in [-0.15, -0.1) is 0 Å². The number of carbonyl (C=O) groups excluding carboxylic acids is 1. The molecule has 0 heterocycles. The standard InChI is InChI=1S/C21H49NOSi4/c1-22(17-23)20-12-11-13-21(16-20)27(9,10)15-14-25(5,6)19-26(7,8)18-24(2,3)4/h17,20-21H,11-16,18-19H2,1-10H3. The Morgan fingerprint density at radius 3 is 1.96 bits per heavy atom. The minimum Gasteiger partial charge on any atom is -0.345 e. The van der Waals surface area contributed by atoms with E-state index in [0.29, 0.717) is 6.04 Å². The van der Waals surface area contributed by atoms with E-state index in [9.17, 15) is 4.79 Å². The van der Waals surface area contributed by atoms with Gasteiger partial charge in [-0.05, 0) is 18.4 Å². The number of carbonyl (C=O) groups is 1. The predicted molar refractivity (Wildman–Crippen MR) is 135 cm³/mol. The highest BCUT2D eigenvalue weighted by Gasteiger charge is 2.40. The molecule has 27 heavy (non-hydrogen) atoms. The molecule has 0 aliphatic heterocycles. The van der Waals surface area contributed by atoms with Crippen molar-refractivity contribution in [2.45, 2.75) is 120 Å². The largest absolute Gasteiger partial charge is 0.345 e. The molecule has 1 rings (SSSR count). The molecule has 2 atom stereocenters. The first-order valence-electron chi connectivity index (χ1n) is 11.2. The lowest BCUT2D eigenvalue weighted by atomic mass is 9.94. The topological polar surface area (TPSA) is 20.3 Å². The van der Waals surface area contributed by atoms with Crippen LogP contribution in [0.15, 0.2) is 0 Å². The van der Waals surface area contributed by atoms with Crippen LogP contribution in [0, 0.1) is 0 Å². The van der Waals surface area contributed by atoms with E-state index in [1.807, 2.05) is 11.9 Å². The fraction of sp³-hybridized carbons (Fsp3) is 0.952. The summed E-state index contributed by atoms with van der Waals surface area (Å²) in [5, 5.41) is 0. The molecule has 6 heteroatoms. The van der Waals surface area contributed by atoms with Crippen LogP contribution < -0.4 is 0 Å². The summed E-state index contributed by atoms with van der Waals surface area (Å²) in [5.41, 5.74) is 4.13. The maximum absolute atomic E-state index is 11.2. The lowest BCUT2D eigenvalue weighted by Gasteiger charge is -2.42. The van der Waals surface area contributed by atoms with Crippen LogP contribution in [0.1, 0.15) is 25.7 Å². The Morgan fingerprint density at radius 1 is 0.852 bits per heavy atom. The minimum absolute atomic E-state index is 0.501. The van der Waals surface area contributed by atoms with E-state index >= 15 is 0 Å². The summed E-state index contributed by atoms with van der Waals surface area (Å²) in [5.74, 6) is 0. The van der Waals surface area contributed by atoms with Gasteiger partial charge in [0.05, 0.1) is 8.07 Å². The molecule has 1 amide bonds. The van der Waals surface area contributed by atoms with Crippen molar-refractivity contribution in [1.29, 1.82) is 0 Å². The molecule has 2 nitrogen and oxygen atoms in total. The smallest absolute Gasteiger partial charge is 0.209 e. The molecule has 1 saturated carbocycles. The molecule has 0 N–H and O–H groups in total. The summed E-state index contributed by atoms with van der Waals surface area (Å²) < 4.78 is 0. The van der Waals surface area contributed by atoms with Crippen LogP contribution in [-0.2, 0) is 4.79 Å². The van der Waals surface area contributed by atoms with Gasteiger partial charge in [0.25, 0.3) is 0 Å². The van der Waals surface area contributed by atoms with Crippen LogP contribution in [0.25, 0.3) is 0 Å². The first kappa shape index (κ1) is 25.4. The second kappa shape index (κ2) is 9.43. The molecule has 0 aromatic heterocycles. The highest BCUT2D eigenvalue weighted by atomic mass is 28.4. The summed E-state index contributed by atoms with van der Waals surface area (Å²) in [4.78, 5) is 13.1. The number of amides is 1. The molecule has 2 unspecified atom stereocenters. The monoisotopic (exact) mass is 443 g/mol. The lowest BCUT2D eigenvalue weighted by molar-refractivity contribution is -0.119. The quantitative estimate of drug-likeness (QED) is 0.265. The zero-order valence-corrected chi connectivity index (χ0v) is 24.2. The molecule has 0 radical (unpaired) electrons. The van der Waals surface area contributed by atoms with Gasteiger partial charge in [-0.25, -0.2) is 0 Å². The van der Waals surface area contributed by atoms with Crippen molar-refractivity contribution in [1.82, 2.24) is 4.90 Å². The first-order chi connectivity index (χ1) is 12.1. The van der Waals surface area contributed by atoms with Crippen LogP contribution in [-0.4, -0.2) is 56.7 Å². The van der Waals surface area contributed by atoms with E-state index in [4.69, 9.17) is 0 Å². The Kier molecular flexibility index (Phi) is 8.87. The zero-order chi connectivity index (χ0) is 21.1. The predicted octanol–water partition coefficient (Wildman–Crippen LogP) is 6.93. The normalized spacial score (nSPS) is 22.6. The number of hydrogen-bond donors (Lipinski definition) is 0. The van der Waals surface area contributed by atoms with Gasteiger partial charge in [-0.1, -0.05) is 95.2 Å². The highest BCUT2D eigenvalue weighted by Crippen LogP contribution is 2.42. The number of rotatable bonds is 10. The zero-order valence-electron chi connectivity index (χ0n) is 20.2. The summed E-state index contributed by atoms with van der Waals surface area (Å²) >= 11 is 0. The van der Waals surface area contributed by atoms with E-state index in [-0.39, 0.29) is 0 Å². The van der Waals surface area contributed by atoms with Gasteiger partial charge >= 0.3 is 0 Å². The molecule has 160 valence electrons. The van der Waals surface area contributed by atoms with Crippen LogP contribution in [0.4, 0.5) is 0 Å². The van der Waals surface area contributed by atoms with Crippen LogP contribution in [0.3, 0.4) is 0 Å². The second-order valence-corrected chi connectivity index (χ2v) is 35.4. The fourth-order valence-corrected chi connectivity index (χ4v) is 37.8. The molecule has 0 aromatic rings. The Bertz CT molecular complexity index is 485. The molecule has 1 fully saturated rings. The first-order valence-corrected chi connectivity index (χ1v) is 25.1. The maximum Gasteiger partial charge on any atom is 0.209 e. The SMILES string of the molecule is CN(C=O)C1CCCC([Si](C)(C)CC[Si](C)(C)C[Si](C)(C)C[Si](C)(C)C)C1. The Hall–Kier alpha value is 0.338. The molecule has 0 spiro atoms. The number of nitrogens with zero attached hydrogens (tertiary/aromatic N) is 1. The number of hydrogen-bond acceptors (Lipinski definition) is 1. The van der Waals surface area contributed by atoms with Gasteiger partial charge in [0.2, 0.25) is 6.41 Å². The van der Waals surface area contributed by atoms with Gasteiger partial charge in [-0.2, -0.15) is 0 Å². The van der Waals surface area contributed by atoms with Crippen LogP contribution in [0.5, 0.6) is 0 Å². The summed E-state index contributed by atoms with van der Waals surface area (Å²) in [6.45, 7) is 23.7. The molecule has 1 aliphatic carbocycles. The summed E-state index contributed by atoms with van der Waals surface area (Å²) in [6, 6.07) is 3.56. The molecule has 0 aromatic carbocycles. The van der Waals surface area contributed by atoms with Gasteiger partial charge in [-0.3, -0.25) is 4.79 Å². The fourth-order valence-electron chi connectivity index (χ4n) is 6.08. The Labute approximate surface area is 174 Å². The van der Waals surface area contributed by atoms with Crippen molar-refractivity contribution in [3.05, 3.63) is 0 Å². The summed E-state index contributed by atoms with van der Waals surface area (Å²) in [7, 11) is -2.33. The van der Waals surface area contributed by atoms with E-state index in [2.05, 4.69) is 58.9 Å². The van der Waals surface area contributed by atoms with Crippen molar-refractivity contribution in [2.24, 2.45) is 0 Å². The van der Waals surface area contributed by atoms with E-state index in [0.717, 1.165) is 12.0 Å².